The lowest BCUT2D eigenvalue weighted by Gasteiger charge is -2.50. The summed E-state index contributed by atoms with van der Waals surface area (Å²) in [4.78, 5) is 49.2. The van der Waals surface area contributed by atoms with Crippen molar-refractivity contribution in [1.29, 1.82) is 0 Å². The van der Waals surface area contributed by atoms with Gasteiger partial charge in [-0.25, -0.2) is 9.55 Å². The molecule has 2 aromatic rings. The van der Waals surface area contributed by atoms with Gasteiger partial charge in [0, 0.05) is 39.8 Å². The number of amides is 2. The van der Waals surface area contributed by atoms with E-state index in [1.807, 2.05) is 13.2 Å². The van der Waals surface area contributed by atoms with Crippen LogP contribution in [0.4, 0.5) is 5.13 Å². The van der Waals surface area contributed by atoms with Gasteiger partial charge in [-0.1, -0.05) is 5.16 Å². The molecule has 0 aromatic carbocycles. The number of aliphatic carboxylic acids is 1. The molecule has 2 atom stereocenters. The van der Waals surface area contributed by atoms with E-state index in [1.54, 1.807) is 17.1 Å². The molecule has 1 aliphatic carbocycles. The number of carbonyl (C=O) groups excluding carboxylic acids is 3. The topological polar surface area (TPSA) is 154 Å². The predicted octanol–water partition coefficient (Wildman–Crippen LogP) is -0.415. The van der Waals surface area contributed by atoms with Crippen molar-refractivity contribution in [2.75, 3.05) is 24.3 Å². The fourth-order valence-corrected chi connectivity index (χ4v) is 7.88. The highest BCUT2D eigenvalue weighted by Gasteiger charge is 2.53. The molecule has 37 heavy (non-hydrogen) atoms. The van der Waals surface area contributed by atoms with Crippen molar-refractivity contribution in [1.82, 2.24) is 15.2 Å². The van der Waals surface area contributed by atoms with Crippen molar-refractivity contribution in [3.05, 3.63) is 45.9 Å². The average Bonchev–Trinajstić information content (AvgIpc) is 3.54. The van der Waals surface area contributed by atoms with Crippen LogP contribution in [-0.2, 0) is 39.1 Å². The highest BCUT2D eigenvalue weighted by molar-refractivity contribution is 8.01. The van der Waals surface area contributed by atoms with E-state index in [2.05, 4.69) is 26.1 Å². The van der Waals surface area contributed by atoms with Crippen LogP contribution in [0, 0.1) is 0 Å². The minimum atomic E-state index is -1.40. The van der Waals surface area contributed by atoms with Gasteiger partial charge in [-0.2, -0.15) is 0 Å². The van der Waals surface area contributed by atoms with Gasteiger partial charge < -0.3 is 25.8 Å². The molecule has 14 heteroatoms. The molecule has 0 bridgehead atoms. The lowest BCUT2D eigenvalue weighted by molar-refractivity contribution is -0.679. The Morgan fingerprint density at radius 2 is 2.24 bits per heavy atom. The number of aromatic nitrogens is 2. The highest BCUT2D eigenvalue weighted by atomic mass is 32.2. The maximum absolute atomic E-state index is 13.0. The number of thiazole rings is 1. The Bertz CT molecular complexity index is 1360. The molecule has 5 rings (SSSR count). The summed E-state index contributed by atoms with van der Waals surface area (Å²) in [6, 6.07) is 1.14. The minimum Gasteiger partial charge on any atom is -0.543 e. The standard InChI is InChI=1S/C23H24N6O5S3/c1-28-7-6-15(12-4-3-5-14(12)28)35-8-11-9-36-21-17(20(31)29(21)18(11)22(32)33)26-19(30)16(27-34-2)13-10-37-23(24)25-13/h6-7,10,17,21H,3-5,8-9H2,1-2H3,(H3-,24,25,26,30,32,33)/b27-16-/t17-,21-/m1/s1. The summed E-state index contributed by atoms with van der Waals surface area (Å²) < 4.78 is 2.14. The second-order valence-corrected chi connectivity index (χ2v) is 11.7. The summed E-state index contributed by atoms with van der Waals surface area (Å²) >= 11 is 4.12. The number of hydrogen-bond acceptors (Lipinski definition) is 11. The smallest absolute Gasteiger partial charge is 0.276 e. The number of hydrogen-bond donors (Lipinski definition) is 2. The summed E-state index contributed by atoms with van der Waals surface area (Å²) in [5.74, 6) is -1.75. The first kappa shape index (κ1) is 25.5. The van der Waals surface area contributed by atoms with E-state index in [-0.39, 0.29) is 22.2 Å². The Hall–Kier alpha value is -3.10. The van der Waals surface area contributed by atoms with Gasteiger partial charge in [0.2, 0.25) is 0 Å². The molecular weight excluding hydrogens is 536 g/mol. The Balaban J connectivity index is 1.31. The molecule has 194 valence electrons. The van der Waals surface area contributed by atoms with Crippen LogP contribution in [-0.4, -0.2) is 63.4 Å². The molecule has 1 saturated heterocycles. The quantitative estimate of drug-likeness (QED) is 0.144. The van der Waals surface area contributed by atoms with Crippen LogP contribution in [0.15, 0.2) is 39.0 Å². The molecule has 1 fully saturated rings. The largest absolute Gasteiger partial charge is 0.543 e. The van der Waals surface area contributed by atoms with Gasteiger partial charge in [0.25, 0.3) is 11.8 Å². The van der Waals surface area contributed by atoms with Crippen molar-refractivity contribution in [3.63, 3.8) is 0 Å². The molecule has 4 heterocycles. The van der Waals surface area contributed by atoms with Gasteiger partial charge in [-0.15, -0.1) is 34.9 Å². The molecular formula is C23H24N6O5S3. The first-order valence-corrected chi connectivity index (χ1v) is 14.4. The van der Waals surface area contributed by atoms with Gasteiger partial charge in [0.1, 0.15) is 31.3 Å². The van der Waals surface area contributed by atoms with Crippen molar-refractivity contribution < 1.29 is 28.9 Å². The summed E-state index contributed by atoms with van der Waals surface area (Å²) in [5, 5.41) is 19.7. The van der Waals surface area contributed by atoms with E-state index in [0.717, 1.165) is 35.5 Å². The van der Waals surface area contributed by atoms with E-state index < -0.39 is 29.2 Å². The number of nitrogens with two attached hydrogens (primary N) is 1. The molecule has 0 radical (unpaired) electrons. The van der Waals surface area contributed by atoms with Crippen LogP contribution < -0.4 is 20.7 Å². The molecule has 2 amide bonds. The van der Waals surface area contributed by atoms with E-state index in [1.165, 1.54) is 35.0 Å². The molecule has 0 spiro atoms. The third-order valence-electron chi connectivity index (χ3n) is 6.45. The number of carboxylic acids is 1. The number of nitrogens with zero attached hydrogens (tertiary/aromatic N) is 4. The predicted molar refractivity (Wildman–Crippen MR) is 137 cm³/mol. The minimum absolute atomic E-state index is 0.108. The van der Waals surface area contributed by atoms with Crippen LogP contribution in [0.2, 0.25) is 0 Å². The van der Waals surface area contributed by atoms with Crippen LogP contribution in [0.1, 0.15) is 23.4 Å². The Morgan fingerprint density at radius 3 is 2.95 bits per heavy atom. The first-order valence-electron chi connectivity index (χ1n) is 11.4. The van der Waals surface area contributed by atoms with Crippen molar-refractivity contribution in [3.8, 4) is 0 Å². The molecule has 0 saturated carbocycles. The van der Waals surface area contributed by atoms with Crippen LogP contribution in [0.25, 0.3) is 0 Å². The number of carbonyl (C=O) groups is 3. The maximum Gasteiger partial charge on any atom is 0.276 e. The number of rotatable bonds is 8. The lowest BCUT2D eigenvalue weighted by atomic mass is 10.0. The fourth-order valence-electron chi connectivity index (χ4n) is 4.74. The number of aryl methyl sites for hydroxylation is 1. The number of nitrogen functional groups attached to an aromatic ring is 1. The van der Waals surface area contributed by atoms with Crippen molar-refractivity contribution >= 4 is 63.5 Å². The van der Waals surface area contributed by atoms with Crippen molar-refractivity contribution in [2.45, 2.75) is 35.6 Å². The molecule has 0 unspecified atom stereocenters. The van der Waals surface area contributed by atoms with Gasteiger partial charge in [0.15, 0.2) is 22.7 Å². The molecule has 3 aliphatic rings. The summed E-state index contributed by atoms with van der Waals surface area (Å²) in [6.07, 6.45) is 5.17. The third kappa shape index (κ3) is 4.68. The van der Waals surface area contributed by atoms with Crippen LogP contribution in [0.5, 0.6) is 0 Å². The SMILES string of the molecule is CO/N=C(\C(=O)N[C@@H]1C(=O)N2C(C(=O)[O-])=C(CSc3cc[n+](C)c4c3CCC4)CS[C@H]12)c1csc(N)n1. The van der Waals surface area contributed by atoms with E-state index in [9.17, 15) is 19.5 Å². The number of oxime groups is 1. The zero-order valence-electron chi connectivity index (χ0n) is 20.1. The van der Waals surface area contributed by atoms with Gasteiger partial charge in [-0.3, -0.25) is 14.5 Å². The number of pyridine rings is 1. The fraction of sp³-hybridized carbons (Fsp3) is 0.391. The van der Waals surface area contributed by atoms with Gasteiger partial charge in [0.05, 0.1) is 11.7 Å². The number of fused-ring (bicyclic) bond motifs is 2. The van der Waals surface area contributed by atoms with Crippen molar-refractivity contribution in [2.24, 2.45) is 12.2 Å². The summed E-state index contributed by atoms with van der Waals surface area (Å²) in [6.45, 7) is 0. The lowest BCUT2D eigenvalue weighted by Crippen LogP contribution is -2.71. The number of thioether (sulfide) groups is 2. The summed E-state index contributed by atoms with van der Waals surface area (Å²) in [7, 11) is 3.32. The number of β-lactam (4-membered cyclic amide) rings is 1. The maximum atomic E-state index is 13.0. The van der Waals surface area contributed by atoms with E-state index in [0.29, 0.717) is 17.1 Å². The highest BCUT2D eigenvalue weighted by Crippen LogP contribution is 2.42. The Kier molecular flexibility index (Phi) is 7.14. The van der Waals surface area contributed by atoms with Gasteiger partial charge >= 0.3 is 0 Å². The van der Waals surface area contributed by atoms with E-state index >= 15 is 0 Å². The average molecular weight is 561 g/mol. The monoisotopic (exact) mass is 560 g/mol. The molecule has 2 aliphatic heterocycles. The van der Waals surface area contributed by atoms with Crippen LogP contribution >= 0.6 is 34.9 Å². The normalized spacial score (nSPS) is 20.9. The second kappa shape index (κ2) is 10.3. The number of carboxylic acid groups (broad SMARTS) is 1. The Morgan fingerprint density at radius 1 is 1.43 bits per heavy atom. The number of anilines is 1. The van der Waals surface area contributed by atoms with E-state index in [4.69, 9.17) is 10.6 Å². The van der Waals surface area contributed by atoms with Gasteiger partial charge in [-0.05, 0) is 18.4 Å². The third-order valence-corrected chi connectivity index (χ3v) is 9.65. The number of nitrogens with one attached hydrogen (secondary N) is 1. The molecule has 11 nitrogen and oxygen atoms in total. The molecule has 3 N–H and O–H groups in total. The first-order chi connectivity index (χ1) is 17.8. The Labute approximate surface area is 225 Å². The zero-order chi connectivity index (χ0) is 26.3. The molecule has 2 aromatic heterocycles. The zero-order valence-corrected chi connectivity index (χ0v) is 22.5. The second-order valence-electron chi connectivity index (χ2n) is 8.65. The summed E-state index contributed by atoms with van der Waals surface area (Å²) in [5.41, 5.74) is 8.89. The van der Waals surface area contributed by atoms with Crippen LogP contribution in [0.3, 0.4) is 0 Å².